The fraction of sp³-hybridized carbons (Fsp3) is 0.533. The Bertz CT molecular complexity index is 556. The summed E-state index contributed by atoms with van der Waals surface area (Å²) in [4.78, 5) is 6.55. The average molecular weight is 274 g/mol. The zero-order valence-corrected chi connectivity index (χ0v) is 12.2. The van der Waals surface area contributed by atoms with Gasteiger partial charge in [0.05, 0.1) is 19.6 Å². The summed E-state index contributed by atoms with van der Waals surface area (Å²) in [5, 5.41) is 3.46. The normalized spacial score (nSPS) is 15.2. The number of furan rings is 1. The second-order valence-corrected chi connectivity index (χ2v) is 5.65. The van der Waals surface area contributed by atoms with Gasteiger partial charge >= 0.3 is 0 Å². The molecule has 1 aliphatic carbocycles. The molecule has 108 valence electrons. The smallest absolute Gasteiger partial charge is 0.122 e. The van der Waals surface area contributed by atoms with E-state index < -0.39 is 0 Å². The fourth-order valence-electron chi connectivity index (χ4n) is 2.25. The number of hydrogen-bond acceptors (Lipinski definition) is 4. The van der Waals surface area contributed by atoms with E-state index in [2.05, 4.69) is 34.4 Å². The zero-order valence-electron chi connectivity index (χ0n) is 12.2. The maximum atomic E-state index is 5.85. The van der Waals surface area contributed by atoms with Gasteiger partial charge < -0.3 is 14.3 Å². The van der Waals surface area contributed by atoms with Crippen molar-refractivity contribution < 1.29 is 4.42 Å². The lowest BCUT2D eigenvalue weighted by Crippen LogP contribution is -2.19. The van der Waals surface area contributed by atoms with Crippen molar-refractivity contribution in [1.82, 2.24) is 19.8 Å². The highest BCUT2D eigenvalue weighted by Gasteiger charge is 2.20. The molecule has 1 aliphatic rings. The molecule has 0 amide bonds. The molecule has 2 heterocycles. The maximum absolute atomic E-state index is 5.85. The molecule has 2 aromatic rings. The number of nitrogens with zero attached hydrogens (tertiary/aromatic N) is 3. The number of aryl methyl sites for hydroxylation is 1. The number of aromatic nitrogens is 2. The monoisotopic (exact) mass is 274 g/mol. The first-order valence-corrected chi connectivity index (χ1v) is 7.16. The molecular formula is C15H22N4O. The minimum absolute atomic E-state index is 0.717. The number of rotatable bonds is 7. The largest absolute Gasteiger partial charge is 0.463 e. The summed E-state index contributed by atoms with van der Waals surface area (Å²) in [6.07, 6.45) is 6.41. The third-order valence-corrected chi connectivity index (χ3v) is 3.62. The summed E-state index contributed by atoms with van der Waals surface area (Å²) in [5.74, 6) is 3.10. The number of hydrogen-bond donors (Lipinski definition) is 1. The quantitative estimate of drug-likeness (QED) is 0.837. The predicted molar refractivity (Wildman–Crippen MR) is 76.9 cm³/mol. The van der Waals surface area contributed by atoms with Crippen molar-refractivity contribution in [3.8, 4) is 0 Å². The molecular weight excluding hydrogens is 252 g/mol. The molecule has 0 atom stereocenters. The van der Waals surface area contributed by atoms with Crippen LogP contribution in [0.1, 0.15) is 30.2 Å². The van der Waals surface area contributed by atoms with Gasteiger partial charge in [-0.25, -0.2) is 4.98 Å². The molecule has 5 nitrogen and oxygen atoms in total. The van der Waals surface area contributed by atoms with Gasteiger partial charge in [0.2, 0.25) is 0 Å². The second-order valence-electron chi connectivity index (χ2n) is 5.65. The first kappa shape index (κ1) is 13.4. The van der Waals surface area contributed by atoms with E-state index in [1.165, 1.54) is 12.8 Å². The van der Waals surface area contributed by atoms with Gasteiger partial charge in [-0.2, -0.15) is 0 Å². The van der Waals surface area contributed by atoms with Crippen LogP contribution in [0.25, 0.3) is 0 Å². The van der Waals surface area contributed by atoms with Gasteiger partial charge in [-0.3, -0.25) is 4.90 Å². The van der Waals surface area contributed by atoms with Crippen LogP contribution in [-0.4, -0.2) is 27.5 Å². The highest BCUT2D eigenvalue weighted by Crippen LogP contribution is 2.20. The van der Waals surface area contributed by atoms with Crippen LogP contribution in [0.2, 0.25) is 0 Å². The van der Waals surface area contributed by atoms with E-state index in [1.54, 1.807) is 0 Å². The molecule has 0 saturated heterocycles. The predicted octanol–water partition coefficient (Wildman–Crippen LogP) is 1.90. The van der Waals surface area contributed by atoms with Gasteiger partial charge in [-0.15, -0.1) is 0 Å². The minimum atomic E-state index is 0.717. The molecule has 0 aromatic carbocycles. The fourth-order valence-corrected chi connectivity index (χ4v) is 2.25. The number of nitrogens with one attached hydrogen (secondary N) is 1. The Morgan fingerprint density at radius 1 is 1.35 bits per heavy atom. The van der Waals surface area contributed by atoms with E-state index in [-0.39, 0.29) is 0 Å². The van der Waals surface area contributed by atoms with Gasteiger partial charge in [0.15, 0.2) is 0 Å². The summed E-state index contributed by atoms with van der Waals surface area (Å²) < 4.78 is 7.90. The van der Waals surface area contributed by atoms with Crippen LogP contribution in [-0.2, 0) is 26.7 Å². The molecule has 1 fully saturated rings. The van der Waals surface area contributed by atoms with Crippen molar-refractivity contribution in [2.24, 2.45) is 7.05 Å². The molecule has 0 spiro atoms. The molecule has 5 heteroatoms. The van der Waals surface area contributed by atoms with E-state index in [1.807, 2.05) is 24.0 Å². The molecule has 0 unspecified atom stereocenters. The van der Waals surface area contributed by atoms with Crippen molar-refractivity contribution in [2.45, 2.75) is 38.5 Å². The summed E-state index contributed by atoms with van der Waals surface area (Å²) >= 11 is 0. The molecule has 1 saturated carbocycles. The van der Waals surface area contributed by atoms with Gasteiger partial charge in [0.1, 0.15) is 17.3 Å². The molecule has 2 aromatic heterocycles. The summed E-state index contributed by atoms with van der Waals surface area (Å²) in [6, 6.07) is 4.85. The average Bonchev–Trinajstić information content (AvgIpc) is 3.02. The highest BCUT2D eigenvalue weighted by atomic mass is 16.3. The lowest BCUT2D eigenvalue weighted by molar-refractivity contribution is 0.274. The van der Waals surface area contributed by atoms with Crippen molar-refractivity contribution >= 4 is 0 Å². The van der Waals surface area contributed by atoms with E-state index in [0.29, 0.717) is 0 Å². The molecule has 0 radical (unpaired) electrons. The van der Waals surface area contributed by atoms with Gasteiger partial charge in [-0.05, 0) is 32.0 Å². The van der Waals surface area contributed by atoms with Crippen LogP contribution in [0.3, 0.4) is 0 Å². The topological polar surface area (TPSA) is 46.2 Å². The van der Waals surface area contributed by atoms with E-state index in [0.717, 1.165) is 43.0 Å². The minimum Gasteiger partial charge on any atom is -0.463 e. The molecule has 3 rings (SSSR count). The van der Waals surface area contributed by atoms with Crippen molar-refractivity contribution in [3.63, 3.8) is 0 Å². The number of imidazole rings is 1. The van der Waals surface area contributed by atoms with E-state index >= 15 is 0 Å². The van der Waals surface area contributed by atoms with Crippen molar-refractivity contribution in [1.29, 1.82) is 0 Å². The Morgan fingerprint density at radius 2 is 2.15 bits per heavy atom. The Kier molecular flexibility index (Phi) is 3.89. The van der Waals surface area contributed by atoms with Crippen LogP contribution in [0.4, 0.5) is 0 Å². The standard InChI is InChI=1S/C15H22N4O/c1-18(11-15-16-7-8-19(15)2)10-14-6-5-13(20-14)9-17-12-3-4-12/h5-8,12,17H,3-4,9-11H2,1-2H3. The maximum Gasteiger partial charge on any atom is 0.122 e. The van der Waals surface area contributed by atoms with Crippen LogP contribution in [0.15, 0.2) is 28.9 Å². The van der Waals surface area contributed by atoms with Crippen LogP contribution in [0.5, 0.6) is 0 Å². The summed E-state index contributed by atoms with van der Waals surface area (Å²) in [7, 11) is 4.10. The summed E-state index contributed by atoms with van der Waals surface area (Å²) in [6.45, 7) is 2.46. The molecule has 20 heavy (non-hydrogen) atoms. The van der Waals surface area contributed by atoms with Gasteiger partial charge in [0.25, 0.3) is 0 Å². The van der Waals surface area contributed by atoms with E-state index in [9.17, 15) is 0 Å². The van der Waals surface area contributed by atoms with Crippen LogP contribution < -0.4 is 5.32 Å². The Labute approximate surface area is 119 Å². The zero-order chi connectivity index (χ0) is 13.9. The first-order valence-electron chi connectivity index (χ1n) is 7.16. The lowest BCUT2D eigenvalue weighted by Gasteiger charge is -2.14. The van der Waals surface area contributed by atoms with Crippen molar-refractivity contribution in [2.75, 3.05) is 7.05 Å². The molecule has 1 N–H and O–H groups in total. The summed E-state index contributed by atoms with van der Waals surface area (Å²) in [5.41, 5.74) is 0. The van der Waals surface area contributed by atoms with E-state index in [4.69, 9.17) is 4.42 Å². The third-order valence-electron chi connectivity index (χ3n) is 3.62. The second kappa shape index (κ2) is 5.81. The Balaban J connectivity index is 1.50. The van der Waals surface area contributed by atoms with Gasteiger partial charge in [0, 0.05) is 25.5 Å². The molecule has 0 bridgehead atoms. The first-order chi connectivity index (χ1) is 9.70. The molecule has 0 aliphatic heterocycles. The Hall–Kier alpha value is -1.59. The highest BCUT2D eigenvalue weighted by molar-refractivity contribution is 5.07. The SMILES string of the molecule is CN(Cc1ccc(CNC2CC2)o1)Cc1nccn1C. The lowest BCUT2D eigenvalue weighted by atomic mass is 10.4. The third kappa shape index (κ3) is 3.49. The van der Waals surface area contributed by atoms with Crippen LogP contribution >= 0.6 is 0 Å². The van der Waals surface area contributed by atoms with Gasteiger partial charge in [-0.1, -0.05) is 0 Å². The van der Waals surface area contributed by atoms with Crippen molar-refractivity contribution in [3.05, 3.63) is 41.9 Å². The Morgan fingerprint density at radius 3 is 2.85 bits per heavy atom. The van der Waals surface area contributed by atoms with Crippen LogP contribution in [0, 0.1) is 0 Å².